The second-order valence-corrected chi connectivity index (χ2v) is 5.11. The predicted octanol–water partition coefficient (Wildman–Crippen LogP) is 2.66. The summed E-state index contributed by atoms with van der Waals surface area (Å²) in [5, 5.41) is 3.42. The summed E-state index contributed by atoms with van der Waals surface area (Å²) in [6.45, 7) is 7.61. The Labute approximate surface area is 125 Å². The van der Waals surface area contributed by atoms with Gasteiger partial charge in [-0.15, -0.1) is 0 Å². The molecule has 0 unspecified atom stereocenters. The van der Waals surface area contributed by atoms with Gasteiger partial charge < -0.3 is 15.0 Å². The smallest absolute Gasteiger partial charge is 0.273 e. The first-order valence-corrected chi connectivity index (χ1v) is 7.11. The molecule has 0 aliphatic carbocycles. The number of halogens is 1. The van der Waals surface area contributed by atoms with Crippen molar-refractivity contribution in [2.75, 3.05) is 32.1 Å². The number of likely N-dealkylation sites (N-methyl/N-ethyl adjacent to an activating group) is 1. The van der Waals surface area contributed by atoms with Gasteiger partial charge >= 0.3 is 0 Å². The topological polar surface area (TPSA) is 54.5 Å². The molecule has 1 aromatic rings. The number of pyridine rings is 1. The van der Waals surface area contributed by atoms with Crippen molar-refractivity contribution < 1.29 is 9.53 Å². The van der Waals surface area contributed by atoms with Crippen LogP contribution in [0.2, 0.25) is 5.02 Å². The van der Waals surface area contributed by atoms with Crippen LogP contribution in [-0.2, 0) is 4.74 Å². The minimum atomic E-state index is -0.206. The average molecular weight is 300 g/mol. The number of carbonyl (C=O) groups is 1. The minimum absolute atomic E-state index is 0.150. The van der Waals surface area contributed by atoms with Crippen LogP contribution in [0.25, 0.3) is 0 Å². The van der Waals surface area contributed by atoms with Crippen LogP contribution in [0.5, 0.6) is 0 Å². The molecular formula is C14H22ClN3O2. The van der Waals surface area contributed by atoms with Gasteiger partial charge in [-0.05, 0) is 32.9 Å². The minimum Gasteiger partial charge on any atom is -0.377 e. The lowest BCUT2D eigenvalue weighted by Crippen LogP contribution is -2.31. The van der Waals surface area contributed by atoms with Gasteiger partial charge in [0.25, 0.3) is 5.91 Å². The van der Waals surface area contributed by atoms with E-state index in [1.165, 1.54) is 0 Å². The van der Waals surface area contributed by atoms with Gasteiger partial charge in [0.15, 0.2) is 0 Å². The van der Waals surface area contributed by atoms with Crippen LogP contribution in [0.15, 0.2) is 12.1 Å². The summed E-state index contributed by atoms with van der Waals surface area (Å²) in [6, 6.07) is 3.43. The number of aromatic nitrogens is 1. The van der Waals surface area contributed by atoms with Crippen LogP contribution >= 0.6 is 11.6 Å². The van der Waals surface area contributed by atoms with E-state index in [2.05, 4.69) is 10.3 Å². The summed E-state index contributed by atoms with van der Waals surface area (Å²) >= 11 is 6.05. The fourth-order valence-corrected chi connectivity index (χ4v) is 1.77. The maximum Gasteiger partial charge on any atom is 0.273 e. The Kier molecular flexibility index (Phi) is 6.75. The zero-order chi connectivity index (χ0) is 15.1. The fourth-order valence-electron chi connectivity index (χ4n) is 1.58. The highest BCUT2D eigenvalue weighted by Crippen LogP contribution is 2.18. The quantitative estimate of drug-likeness (QED) is 0.841. The lowest BCUT2D eigenvalue weighted by molar-refractivity contribution is 0.0529. The maximum atomic E-state index is 12.3. The van der Waals surface area contributed by atoms with Crippen molar-refractivity contribution in [3.63, 3.8) is 0 Å². The molecule has 0 fully saturated rings. The molecule has 0 aliphatic rings. The molecule has 112 valence electrons. The third-order valence-corrected chi connectivity index (χ3v) is 2.94. The molecule has 6 heteroatoms. The Morgan fingerprint density at radius 1 is 1.50 bits per heavy atom. The molecule has 0 spiro atoms. The predicted molar refractivity (Wildman–Crippen MR) is 81.5 cm³/mol. The molecule has 1 N–H and O–H groups in total. The zero-order valence-corrected chi connectivity index (χ0v) is 13.2. The van der Waals surface area contributed by atoms with E-state index in [1.807, 2.05) is 20.8 Å². The summed E-state index contributed by atoms with van der Waals surface area (Å²) < 4.78 is 5.43. The lowest BCUT2D eigenvalue weighted by Gasteiger charge is -2.18. The molecule has 5 nitrogen and oxygen atoms in total. The molecule has 20 heavy (non-hydrogen) atoms. The second-order valence-electron chi connectivity index (χ2n) is 4.70. The molecule has 1 aromatic heterocycles. The van der Waals surface area contributed by atoms with Gasteiger partial charge in [0.1, 0.15) is 11.5 Å². The van der Waals surface area contributed by atoms with E-state index in [-0.39, 0.29) is 17.7 Å². The molecule has 0 aliphatic heterocycles. The molecule has 1 heterocycles. The first kappa shape index (κ1) is 16.7. The summed E-state index contributed by atoms with van der Waals surface area (Å²) in [4.78, 5) is 18.1. The number of amides is 1. The first-order chi connectivity index (χ1) is 9.45. The van der Waals surface area contributed by atoms with Gasteiger partial charge in [-0.25, -0.2) is 4.98 Å². The van der Waals surface area contributed by atoms with Gasteiger partial charge in [-0.1, -0.05) is 11.6 Å². The molecule has 0 saturated carbocycles. The second kappa shape index (κ2) is 8.07. The molecule has 1 rings (SSSR count). The number of rotatable bonds is 7. The SMILES string of the molecule is CCNc1ccc(Cl)c(C(=O)N(C)CCOC(C)C)n1. The van der Waals surface area contributed by atoms with E-state index >= 15 is 0 Å². The molecule has 0 saturated heterocycles. The number of nitrogens with one attached hydrogen (secondary N) is 1. The van der Waals surface area contributed by atoms with Crippen molar-refractivity contribution in [1.29, 1.82) is 0 Å². The van der Waals surface area contributed by atoms with Crippen LogP contribution < -0.4 is 5.32 Å². The van der Waals surface area contributed by atoms with Crippen LogP contribution in [0.1, 0.15) is 31.3 Å². The van der Waals surface area contributed by atoms with Gasteiger partial charge in [0.2, 0.25) is 0 Å². The molecule has 0 atom stereocenters. The Hall–Kier alpha value is -1.33. The maximum absolute atomic E-state index is 12.3. The molecular weight excluding hydrogens is 278 g/mol. The largest absolute Gasteiger partial charge is 0.377 e. The first-order valence-electron chi connectivity index (χ1n) is 6.73. The fraction of sp³-hybridized carbons (Fsp3) is 0.571. The van der Waals surface area contributed by atoms with Crippen molar-refractivity contribution in [3.05, 3.63) is 22.8 Å². The number of hydrogen-bond donors (Lipinski definition) is 1. The number of nitrogens with zero attached hydrogens (tertiary/aromatic N) is 2. The highest BCUT2D eigenvalue weighted by Gasteiger charge is 2.17. The molecule has 1 amide bonds. The third-order valence-electron chi connectivity index (χ3n) is 2.63. The summed E-state index contributed by atoms with van der Waals surface area (Å²) in [5.74, 6) is 0.439. The molecule has 0 radical (unpaired) electrons. The summed E-state index contributed by atoms with van der Waals surface area (Å²) in [6.07, 6.45) is 0.150. The van der Waals surface area contributed by atoms with Gasteiger partial charge in [0.05, 0.1) is 17.7 Å². The average Bonchev–Trinajstić information content (AvgIpc) is 2.40. The van der Waals surface area contributed by atoms with Crippen molar-refractivity contribution in [2.24, 2.45) is 0 Å². The monoisotopic (exact) mass is 299 g/mol. The third kappa shape index (κ3) is 4.98. The van der Waals surface area contributed by atoms with Crippen LogP contribution in [0, 0.1) is 0 Å². The Bertz CT molecular complexity index is 452. The van der Waals surface area contributed by atoms with Crippen LogP contribution in [0.4, 0.5) is 5.82 Å². The van der Waals surface area contributed by atoms with Crippen molar-refractivity contribution >= 4 is 23.3 Å². The number of ether oxygens (including phenoxy) is 1. The van der Waals surface area contributed by atoms with E-state index in [4.69, 9.17) is 16.3 Å². The van der Waals surface area contributed by atoms with Gasteiger partial charge in [-0.2, -0.15) is 0 Å². The van der Waals surface area contributed by atoms with E-state index < -0.39 is 0 Å². The highest BCUT2D eigenvalue weighted by atomic mass is 35.5. The van der Waals surface area contributed by atoms with Gasteiger partial charge in [0, 0.05) is 20.1 Å². The number of anilines is 1. The normalized spacial score (nSPS) is 10.7. The Morgan fingerprint density at radius 2 is 2.20 bits per heavy atom. The molecule has 0 aromatic carbocycles. The van der Waals surface area contributed by atoms with Crippen molar-refractivity contribution in [1.82, 2.24) is 9.88 Å². The zero-order valence-electron chi connectivity index (χ0n) is 12.4. The number of carbonyl (C=O) groups excluding carboxylic acids is 1. The standard InChI is InChI=1S/C14H22ClN3O2/c1-5-16-12-7-6-11(15)13(17-12)14(19)18(4)8-9-20-10(2)3/h6-7,10H,5,8-9H2,1-4H3,(H,16,17). The highest BCUT2D eigenvalue weighted by molar-refractivity contribution is 6.33. The van der Waals surface area contributed by atoms with Crippen LogP contribution in [0.3, 0.4) is 0 Å². The van der Waals surface area contributed by atoms with E-state index in [0.29, 0.717) is 24.0 Å². The summed E-state index contributed by atoms with van der Waals surface area (Å²) in [7, 11) is 1.71. The Balaban J connectivity index is 2.72. The van der Waals surface area contributed by atoms with Gasteiger partial charge in [-0.3, -0.25) is 4.79 Å². The number of hydrogen-bond acceptors (Lipinski definition) is 4. The Morgan fingerprint density at radius 3 is 2.80 bits per heavy atom. The van der Waals surface area contributed by atoms with Crippen molar-refractivity contribution in [2.45, 2.75) is 26.9 Å². The summed E-state index contributed by atoms with van der Waals surface area (Å²) in [5.41, 5.74) is 0.261. The van der Waals surface area contributed by atoms with Crippen molar-refractivity contribution in [3.8, 4) is 0 Å². The van der Waals surface area contributed by atoms with E-state index in [9.17, 15) is 4.79 Å². The molecule has 0 bridgehead atoms. The lowest BCUT2D eigenvalue weighted by atomic mass is 10.3. The van der Waals surface area contributed by atoms with Crippen LogP contribution in [-0.4, -0.2) is 48.6 Å². The van der Waals surface area contributed by atoms with E-state index in [1.54, 1.807) is 24.1 Å². The van der Waals surface area contributed by atoms with E-state index in [0.717, 1.165) is 6.54 Å².